The summed E-state index contributed by atoms with van der Waals surface area (Å²) in [5.74, 6) is -1.56. The Morgan fingerprint density at radius 3 is 1.41 bits per heavy atom. The van der Waals surface area contributed by atoms with Gasteiger partial charge in [-0.2, -0.15) is 0 Å². The number of Topliss-reactive ketones (excluding diaryl/α,β-unsaturated/α-hetero) is 2. The Labute approximate surface area is 210 Å². The van der Waals surface area contributed by atoms with Gasteiger partial charge in [0, 0.05) is 57.7 Å². The summed E-state index contributed by atoms with van der Waals surface area (Å²) in [5, 5.41) is 1.35. The number of carbonyl (C=O) groups excluding carboxylic acids is 2. The van der Waals surface area contributed by atoms with Gasteiger partial charge in [0.25, 0.3) is 0 Å². The number of fused-ring (bicyclic) bond motifs is 2. The van der Waals surface area contributed by atoms with E-state index in [1.807, 2.05) is 62.6 Å². The van der Waals surface area contributed by atoms with E-state index in [-0.39, 0.29) is 22.4 Å². The van der Waals surface area contributed by atoms with Gasteiger partial charge >= 0.3 is 0 Å². The van der Waals surface area contributed by atoms with Gasteiger partial charge in [-0.1, -0.05) is 50.9 Å². The number of carbonyl (C=O) groups is 2. The molecule has 0 amide bonds. The molecule has 2 aromatic rings. The van der Waals surface area contributed by atoms with Gasteiger partial charge in [0.05, 0.1) is 11.8 Å². The number of rotatable bonds is 2. The third-order valence-corrected chi connectivity index (χ3v) is 8.34. The third-order valence-electron chi connectivity index (χ3n) is 7.87. The van der Waals surface area contributed by atoms with E-state index in [1.54, 1.807) is 0 Å². The molecule has 0 bridgehead atoms. The summed E-state index contributed by atoms with van der Waals surface area (Å²) in [6.45, 7) is 8.40. The summed E-state index contributed by atoms with van der Waals surface area (Å²) in [7, 11) is 3.94. The highest BCUT2D eigenvalue weighted by Gasteiger charge is 2.50. The molecule has 1 aliphatic carbocycles. The molecule has 176 valence electrons. The van der Waals surface area contributed by atoms with Crippen molar-refractivity contribution in [3.8, 4) is 0 Å². The number of hydrogen-bond donors (Lipinski definition) is 0. The lowest BCUT2D eigenvalue weighted by Crippen LogP contribution is -2.48. The fraction of sp³-hybridized carbons (Fsp3) is 0.357. The van der Waals surface area contributed by atoms with E-state index < -0.39 is 11.8 Å². The topological polar surface area (TPSA) is 40.6 Å². The Morgan fingerprint density at radius 2 is 1.06 bits per heavy atom. The molecule has 0 N–H and O–H groups in total. The molecule has 5 rings (SSSR count). The molecule has 0 atom stereocenters. The maximum Gasteiger partial charge on any atom is 0.161 e. The van der Waals surface area contributed by atoms with E-state index in [2.05, 4.69) is 37.5 Å². The molecule has 2 aromatic carbocycles. The molecule has 0 spiro atoms. The van der Waals surface area contributed by atoms with Gasteiger partial charge in [0.1, 0.15) is 0 Å². The van der Waals surface area contributed by atoms with Crippen LogP contribution in [-0.4, -0.2) is 25.7 Å². The van der Waals surface area contributed by atoms with Crippen molar-refractivity contribution in [1.29, 1.82) is 0 Å². The number of likely N-dealkylation sites (N-methyl/N-ethyl adjacent to an activating group) is 2. The summed E-state index contributed by atoms with van der Waals surface area (Å²) in [6.07, 6.45) is 3.71. The van der Waals surface area contributed by atoms with Gasteiger partial charge in [-0.15, -0.1) is 0 Å². The molecular weight excluding hydrogens is 467 g/mol. The molecule has 1 fully saturated rings. The zero-order valence-corrected chi connectivity index (χ0v) is 21.8. The van der Waals surface area contributed by atoms with Crippen molar-refractivity contribution in [2.75, 3.05) is 23.9 Å². The number of halogens is 2. The third kappa shape index (κ3) is 3.11. The quantitative estimate of drug-likeness (QED) is 0.459. The first-order valence-corrected chi connectivity index (χ1v) is 12.2. The lowest BCUT2D eigenvalue weighted by molar-refractivity contribution is -0.146. The first-order chi connectivity index (χ1) is 15.9. The predicted octanol–water partition coefficient (Wildman–Crippen LogP) is 6.30. The number of benzene rings is 2. The van der Waals surface area contributed by atoms with E-state index in [9.17, 15) is 9.59 Å². The van der Waals surface area contributed by atoms with Gasteiger partial charge < -0.3 is 9.80 Å². The van der Waals surface area contributed by atoms with Gasteiger partial charge in [0.2, 0.25) is 0 Å². The van der Waals surface area contributed by atoms with Crippen molar-refractivity contribution in [3.63, 3.8) is 0 Å². The monoisotopic (exact) mass is 494 g/mol. The SMILES string of the molecule is CN1/C(=C/C2C(=O)C(/C=C3/N(C)c4ccc(Cl)cc4C3(C)C)C2=O)C(C)(C)c2cc(Cl)ccc21. The molecule has 2 aliphatic heterocycles. The molecule has 2 heterocycles. The molecule has 6 heteroatoms. The number of allylic oxidation sites excluding steroid dienone is 4. The number of hydrogen-bond acceptors (Lipinski definition) is 4. The standard InChI is InChI=1S/C28H28Cl2N2O2/c1-27(2)19-11-15(29)7-9-21(19)31(5)23(27)13-17-25(33)18(26(17)34)14-24-28(3,4)20-12-16(30)8-10-22(20)32(24)6/h7-14,17-18H,1-6H3/b23-13+,24-14+. The molecule has 0 aromatic heterocycles. The summed E-state index contributed by atoms with van der Waals surface area (Å²) in [6, 6.07) is 11.6. The Bertz CT molecular complexity index is 1210. The van der Waals surface area contributed by atoms with Crippen molar-refractivity contribution in [3.05, 3.63) is 81.1 Å². The van der Waals surface area contributed by atoms with Gasteiger partial charge in [0.15, 0.2) is 11.6 Å². The maximum atomic E-state index is 13.2. The summed E-state index contributed by atoms with van der Waals surface area (Å²) >= 11 is 12.5. The lowest BCUT2D eigenvalue weighted by atomic mass is 9.69. The van der Waals surface area contributed by atoms with Crippen LogP contribution in [0.4, 0.5) is 11.4 Å². The minimum absolute atomic E-state index is 0.0543. The highest BCUT2D eigenvalue weighted by Crippen LogP contribution is 2.50. The molecular formula is C28H28Cl2N2O2. The first kappa shape index (κ1) is 23.2. The van der Waals surface area contributed by atoms with Crippen molar-refractivity contribution in [1.82, 2.24) is 0 Å². The predicted molar refractivity (Wildman–Crippen MR) is 139 cm³/mol. The molecule has 0 radical (unpaired) electrons. The Morgan fingerprint density at radius 1 is 0.706 bits per heavy atom. The second-order valence-corrected chi connectivity index (χ2v) is 11.4. The molecule has 3 aliphatic rings. The summed E-state index contributed by atoms with van der Waals surface area (Å²) in [4.78, 5) is 30.6. The zero-order valence-electron chi connectivity index (χ0n) is 20.2. The number of anilines is 2. The average molecular weight is 495 g/mol. The van der Waals surface area contributed by atoms with Crippen LogP contribution in [0.5, 0.6) is 0 Å². The second-order valence-electron chi connectivity index (χ2n) is 10.6. The Balaban J connectivity index is 1.45. The van der Waals surface area contributed by atoms with E-state index in [1.165, 1.54) is 0 Å². The number of nitrogens with zero attached hydrogens (tertiary/aromatic N) is 2. The first-order valence-electron chi connectivity index (χ1n) is 11.4. The van der Waals surface area contributed by atoms with E-state index in [0.29, 0.717) is 10.0 Å². The van der Waals surface area contributed by atoms with Crippen LogP contribution in [0.3, 0.4) is 0 Å². The molecule has 0 unspecified atom stereocenters. The normalized spacial score (nSPS) is 26.8. The summed E-state index contributed by atoms with van der Waals surface area (Å²) in [5.41, 5.74) is 5.47. The highest BCUT2D eigenvalue weighted by molar-refractivity contribution is 6.31. The lowest BCUT2D eigenvalue weighted by Gasteiger charge is -2.33. The Hall–Kier alpha value is -2.56. The minimum atomic E-state index is -0.727. The second kappa shape index (κ2) is 7.47. The molecule has 1 saturated carbocycles. The van der Waals surface area contributed by atoms with Crippen LogP contribution in [-0.2, 0) is 20.4 Å². The smallest absolute Gasteiger partial charge is 0.161 e. The highest BCUT2D eigenvalue weighted by atomic mass is 35.5. The molecule has 34 heavy (non-hydrogen) atoms. The zero-order chi connectivity index (χ0) is 24.7. The molecule has 4 nitrogen and oxygen atoms in total. The van der Waals surface area contributed by atoms with E-state index in [0.717, 1.165) is 33.9 Å². The average Bonchev–Trinajstić information content (AvgIpc) is 3.07. The van der Waals surface area contributed by atoms with Gasteiger partial charge in [-0.05, 0) is 59.7 Å². The number of ketones is 2. The van der Waals surface area contributed by atoms with Crippen molar-refractivity contribution >= 4 is 46.1 Å². The van der Waals surface area contributed by atoms with Crippen LogP contribution in [0.15, 0.2) is 59.9 Å². The maximum absolute atomic E-state index is 13.2. The van der Waals surface area contributed by atoms with Crippen molar-refractivity contribution < 1.29 is 9.59 Å². The van der Waals surface area contributed by atoms with Crippen LogP contribution < -0.4 is 9.80 Å². The van der Waals surface area contributed by atoms with Crippen LogP contribution in [0.1, 0.15) is 38.8 Å². The van der Waals surface area contributed by atoms with Gasteiger partial charge in [-0.3, -0.25) is 9.59 Å². The van der Waals surface area contributed by atoms with Crippen LogP contribution >= 0.6 is 23.2 Å². The Kier molecular flexibility index (Phi) is 5.09. The van der Waals surface area contributed by atoms with Crippen molar-refractivity contribution in [2.24, 2.45) is 11.8 Å². The minimum Gasteiger partial charge on any atom is -0.347 e. The fourth-order valence-corrected chi connectivity index (χ4v) is 6.18. The fourth-order valence-electron chi connectivity index (χ4n) is 5.83. The largest absolute Gasteiger partial charge is 0.347 e. The van der Waals surface area contributed by atoms with Gasteiger partial charge in [-0.25, -0.2) is 0 Å². The van der Waals surface area contributed by atoms with Crippen LogP contribution in [0.2, 0.25) is 10.0 Å². The van der Waals surface area contributed by atoms with Crippen molar-refractivity contribution in [2.45, 2.75) is 38.5 Å². The van der Waals surface area contributed by atoms with E-state index >= 15 is 0 Å². The van der Waals surface area contributed by atoms with Crippen LogP contribution in [0, 0.1) is 11.8 Å². The van der Waals surface area contributed by atoms with E-state index in [4.69, 9.17) is 23.2 Å². The summed E-state index contributed by atoms with van der Waals surface area (Å²) < 4.78 is 0. The molecule has 0 saturated heterocycles. The van der Waals surface area contributed by atoms with Crippen LogP contribution in [0.25, 0.3) is 0 Å².